The third kappa shape index (κ3) is 4.51. The second-order valence-corrected chi connectivity index (χ2v) is 7.58. The largest absolute Gasteiger partial charge is 0.375 e. The standard InChI is InChI=1S/C22H28N2O2/c1-22(2,23)21(25)24-13-14-26-19(16-24)15-20(17-9-5-3-6-10-17)18-11-7-4-8-12-18/h3-12,19-20H,13-16,23H2,1-2H3/t19-/m0/s1. The van der Waals surface area contributed by atoms with Crippen LogP contribution < -0.4 is 5.73 Å². The number of carbonyl (C=O) groups excluding carboxylic acids is 1. The maximum Gasteiger partial charge on any atom is 0.242 e. The van der Waals surface area contributed by atoms with Gasteiger partial charge >= 0.3 is 0 Å². The van der Waals surface area contributed by atoms with Crippen molar-refractivity contribution in [3.05, 3.63) is 71.8 Å². The van der Waals surface area contributed by atoms with Crippen molar-refractivity contribution in [2.75, 3.05) is 19.7 Å². The van der Waals surface area contributed by atoms with Crippen LogP contribution in [0.15, 0.2) is 60.7 Å². The fourth-order valence-electron chi connectivity index (χ4n) is 3.55. The third-order valence-corrected chi connectivity index (χ3v) is 4.88. The average Bonchev–Trinajstić information content (AvgIpc) is 2.66. The van der Waals surface area contributed by atoms with E-state index in [1.165, 1.54) is 11.1 Å². The molecule has 1 fully saturated rings. The Labute approximate surface area is 156 Å². The Morgan fingerprint density at radius 1 is 1.12 bits per heavy atom. The Morgan fingerprint density at radius 3 is 2.15 bits per heavy atom. The van der Waals surface area contributed by atoms with Gasteiger partial charge in [0.25, 0.3) is 0 Å². The van der Waals surface area contributed by atoms with Crippen LogP contribution >= 0.6 is 0 Å². The monoisotopic (exact) mass is 352 g/mol. The lowest BCUT2D eigenvalue weighted by Crippen LogP contribution is -2.56. The fraction of sp³-hybridized carbons (Fsp3) is 0.409. The van der Waals surface area contributed by atoms with Crippen molar-refractivity contribution >= 4 is 5.91 Å². The Balaban J connectivity index is 1.78. The molecule has 1 aliphatic rings. The van der Waals surface area contributed by atoms with Crippen molar-refractivity contribution in [3.63, 3.8) is 0 Å². The van der Waals surface area contributed by atoms with Crippen LogP contribution in [0.3, 0.4) is 0 Å². The molecule has 0 radical (unpaired) electrons. The van der Waals surface area contributed by atoms with Gasteiger partial charge < -0.3 is 15.4 Å². The van der Waals surface area contributed by atoms with Crippen LogP contribution in [-0.4, -0.2) is 42.1 Å². The second kappa shape index (κ2) is 8.02. The molecule has 0 aromatic heterocycles. The molecule has 0 unspecified atom stereocenters. The highest BCUT2D eigenvalue weighted by Crippen LogP contribution is 2.31. The first kappa shape index (κ1) is 18.6. The highest BCUT2D eigenvalue weighted by Gasteiger charge is 2.33. The number of benzene rings is 2. The molecule has 0 bridgehead atoms. The summed E-state index contributed by atoms with van der Waals surface area (Å²) in [6, 6.07) is 21.0. The van der Waals surface area contributed by atoms with E-state index < -0.39 is 5.54 Å². The van der Waals surface area contributed by atoms with E-state index in [4.69, 9.17) is 10.5 Å². The first-order valence-corrected chi connectivity index (χ1v) is 9.25. The molecular formula is C22H28N2O2. The summed E-state index contributed by atoms with van der Waals surface area (Å²) in [6.45, 7) is 5.28. The van der Waals surface area contributed by atoms with Crippen LogP contribution in [0.5, 0.6) is 0 Å². The van der Waals surface area contributed by atoms with E-state index in [-0.39, 0.29) is 17.9 Å². The zero-order chi connectivity index (χ0) is 18.6. The topological polar surface area (TPSA) is 55.6 Å². The van der Waals surface area contributed by atoms with Gasteiger partial charge in [-0.2, -0.15) is 0 Å². The van der Waals surface area contributed by atoms with E-state index in [0.717, 1.165) is 6.42 Å². The second-order valence-electron chi connectivity index (χ2n) is 7.58. The highest BCUT2D eigenvalue weighted by molar-refractivity contribution is 5.85. The van der Waals surface area contributed by atoms with Gasteiger partial charge in [-0.1, -0.05) is 60.7 Å². The van der Waals surface area contributed by atoms with Crippen molar-refractivity contribution in [2.24, 2.45) is 5.73 Å². The minimum atomic E-state index is -0.847. The maximum atomic E-state index is 12.5. The summed E-state index contributed by atoms with van der Waals surface area (Å²) in [5.41, 5.74) is 7.70. The Bertz CT molecular complexity index is 670. The Hall–Kier alpha value is -2.17. The van der Waals surface area contributed by atoms with Crippen LogP contribution in [0.25, 0.3) is 0 Å². The van der Waals surface area contributed by atoms with Gasteiger partial charge in [-0.25, -0.2) is 0 Å². The zero-order valence-electron chi connectivity index (χ0n) is 15.6. The normalized spacial score (nSPS) is 18.2. The first-order valence-electron chi connectivity index (χ1n) is 9.25. The Kier molecular flexibility index (Phi) is 5.74. The summed E-state index contributed by atoms with van der Waals surface area (Å²) in [6.07, 6.45) is 0.837. The molecule has 1 saturated heterocycles. The molecule has 26 heavy (non-hydrogen) atoms. The lowest BCUT2D eigenvalue weighted by Gasteiger charge is -2.37. The highest BCUT2D eigenvalue weighted by atomic mass is 16.5. The average molecular weight is 352 g/mol. The van der Waals surface area contributed by atoms with Gasteiger partial charge in [0.05, 0.1) is 18.2 Å². The molecule has 1 aliphatic heterocycles. The van der Waals surface area contributed by atoms with Gasteiger partial charge in [0.2, 0.25) is 5.91 Å². The number of rotatable bonds is 5. The van der Waals surface area contributed by atoms with Crippen molar-refractivity contribution < 1.29 is 9.53 Å². The molecule has 0 aliphatic carbocycles. The van der Waals surface area contributed by atoms with Gasteiger partial charge in [0.1, 0.15) is 0 Å². The number of hydrogen-bond acceptors (Lipinski definition) is 3. The van der Waals surface area contributed by atoms with Crippen LogP contribution in [0.2, 0.25) is 0 Å². The van der Waals surface area contributed by atoms with E-state index in [2.05, 4.69) is 48.5 Å². The molecule has 4 heteroatoms. The van der Waals surface area contributed by atoms with Crippen LogP contribution in [0.4, 0.5) is 0 Å². The third-order valence-electron chi connectivity index (χ3n) is 4.88. The number of nitrogens with two attached hydrogens (primary N) is 1. The molecule has 3 rings (SSSR count). The molecule has 2 N–H and O–H groups in total. The van der Waals surface area contributed by atoms with Gasteiger partial charge in [-0.3, -0.25) is 4.79 Å². The number of ether oxygens (including phenoxy) is 1. The molecule has 1 amide bonds. The minimum absolute atomic E-state index is 0.000428. The summed E-state index contributed by atoms with van der Waals surface area (Å²) >= 11 is 0. The number of amides is 1. The molecule has 4 nitrogen and oxygen atoms in total. The molecular weight excluding hydrogens is 324 g/mol. The quantitative estimate of drug-likeness (QED) is 0.899. The molecule has 2 aromatic carbocycles. The molecule has 2 aromatic rings. The van der Waals surface area contributed by atoms with E-state index in [9.17, 15) is 4.79 Å². The maximum absolute atomic E-state index is 12.5. The van der Waals surface area contributed by atoms with Crippen LogP contribution in [-0.2, 0) is 9.53 Å². The molecule has 138 valence electrons. The van der Waals surface area contributed by atoms with Crippen molar-refractivity contribution in [1.29, 1.82) is 0 Å². The Morgan fingerprint density at radius 2 is 1.65 bits per heavy atom. The van der Waals surface area contributed by atoms with E-state index in [0.29, 0.717) is 19.7 Å². The molecule has 1 heterocycles. The van der Waals surface area contributed by atoms with Crippen molar-refractivity contribution in [1.82, 2.24) is 4.90 Å². The van der Waals surface area contributed by atoms with Crippen LogP contribution in [0, 0.1) is 0 Å². The van der Waals surface area contributed by atoms with E-state index >= 15 is 0 Å². The minimum Gasteiger partial charge on any atom is -0.375 e. The summed E-state index contributed by atoms with van der Waals surface area (Å²) < 4.78 is 6.01. The van der Waals surface area contributed by atoms with Crippen molar-refractivity contribution in [3.8, 4) is 0 Å². The summed E-state index contributed by atoms with van der Waals surface area (Å²) in [5, 5.41) is 0. The van der Waals surface area contributed by atoms with Gasteiger partial charge in [-0.05, 0) is 31.4 Å². The van der Waals surface area contributed by atoms with E-state index in [1.54, 1.807) is 13.8 Å². The SMILES string of the molecule is CC(C)(N)C(=O)N1CCO[C@@H](CC(c2ccccc2)c2ccccc2)C1. The zero-order valence-corrected chi connectivity index (χ0v) is 15.6. The first-order chi connectivity index (χ1) is 12.4. The number of hydrogen-bond donors (Lipinski definition) is 1. The fourth-order valence-corrected chi connectivity index (χ4v) is 3.55. The van der Waals surface area contributed by atoms with Gasteiger partial charge in [0.15, 0.2) is 0 Å². The summed E-state index contributed by atoms with van der Waals surface area (Å²) in [7, 11) is 0. The smallest absolute Gasteiger partial charge is 0.242 e. The van der Waals surface area contributed by atoms with Crippen molar-refractivity contribution in [2.45, 2.75) is 37.8 Å². The lowest BCUT2D eigenvalue weighted by molar-refractivity contribution is -0.143. The molecule has 0 saturated carbocycles. The number of nitrogens with zero attached hydrogens (tertiary/aromatic N) is 1. The van der Waals surface area contributed by atoms with E-state index in [1.807, 2.05) is 17.0 Å². The predicted molar refractivity (Wildman–Crippen MR) is 104 cm³/mol. The predicted octanol–water partition coefficient (Wildman–Crippen LogP) is 3.17. The van der Waals surface area contributed by atoms with Crippen LogP contribution in [0.1, 0.15) is 37.3 Å². The lowest BCUT2D eigenvalue weighted by atomic mass is 9.86. The summed E-state index contributed by atoms with van der Waals surface area (Å²) in [4.78, 5) is 14.4. The number of morpholine rings is 1. The molecule has 0 spiro atoms. The van der Waals surface area contributed by atoms with Gasteiger partial charge in [0, 0.05) is 19.0 Å². The number of carbonyl (C=O) groups is 1. The summed E-state index contributed by atoms with van der Waals surface area (Å²) in [5.74, 6) is 0.227. The van der Waals surface area contributed by atoms with Gasteiger partial charge in [-0.15, -0.1) is 0 Å². The molecule has 1 atom stereocenters.